The summed E-state index contributed by atoms with van der Waals surface area (Å²) in [6.07, 6.45) is 3.01. The van der Waals surface area contributed by atoms with E-state index in [0.717, 1.165) is 19.3 Å². The number of aryl methyl sites for hydroxylation is 2. The fourth-order valence-corrected chi connectivity index (χ4v) is 4.07. The van der Waals surface area contributed by atoms with Crippen molar-refractivity contribution in [1.29, 1.82) is 0 Å². The van der Waals surface area contributed by atoms with Crippen molar-refractivity contribution in [2.45, 2.75) is 64.8 Å². The number of aromatic nitrogens is 2. The molecule has 0 saturated carbocycles. The Bertz CT molecular complexity index is 547. The summed E-state index contributed by atoms with van der Waals surface area (Å²) in [6, 6.07) is -0.0576. The van der Waals surface area contributed by atoms with Gasteiger partial charge in [-0.05, 0) is 33.1 Å². The third kappa shape index (κ3) is 4.31. The average Bonchev–Trinajstić information content (AvgIpc) is 2.51. The summed E-state index contributed by atoms with van der Waals surface area (Å²) in [6.45, 7) is 9.77. The molecular weight excluding hydrogens is 274 g/mol. The maximum atomic E-state index is 12.4. The van der Waals surface area contributed by atoms with E-state index in [0.29, 0.717) is 22.2 Å². The number of sulfonamides is 1. The molecular formula is C14H27N3O2S. The van der Waals surface area contributed by atoms with Crippen LogP contribution in [-0.4, -0.2) is 24.2 Å². The molecule has 1 rings (SSSR count). The van der Waals surface area contributed by atoms with Gasteiger partial charge in [-0.2, -0.15) is 5.10 Å². The second kappa shape index (κ2) is 6.72. The van der Waals surface area contributed by atoms with Gasteiger partial charge in [-0.1, -0.05) is 26.7 Å². The summed E-state index contributed by atoms with van der Waals surface area (Å²) in [5.74, 6) is 0.654. The van der Waals surface area contributed by atoms with Gasteiger partial charge in [-0.3, -0.25) is 4.68 Å². The van der Waals surface area contributed by atoms with Gasteiger partial charge in [0, 0.05) is 13.1 Å². The predicted octanol–water partition coefficient (Wildman–Crippen LogP) is 2.53. The van der Waals surface area contributed by atoms with E-state index in [1.54, 1.807) is 25.6 Å². The summed E-state index contributed by atoms with van der Waals surface area (Å²) < 4.78 is 29.2. The fourth-order valence-electron chi connectivity index (χ4n) is 2.36. The molecule has 1 heterocycles. The molecule has 0 aliphatic rings. The SMILES string of the molecule is Cc1nn(C)c(C)c1S(=O)(=O)NC(C)CCCC(C)C. The van der Waals surface area contributed by atoms with Crippen LogP contribution in [0.2, 0.25) is 0 Å². The maximum Gasteiger partial charge on any atom is 0.244 e. The smallest absolute Gasteiger partial charge is 0.244 e. The minimum atomic E-state index is -3.48. The highest BCUT2D eigenvalue weighted by Gasteiger charge is 2.25. The Labute approximate surface area is 122 Å². The van der Waals surface area contributed by atoms with Crippen LogP contribution >= 0.6 is 0 Å². The third-order valence-electron chi connectivity index (χ3n) is 3.49. The summed E-state index contributed by atoms with van der Waals surface area (Å²) >= 11 is 0. The Kier molecular flexibility index (Phi) is 5.77. The summed E-state index contributed by atoms with van der Waals surface area (Å²) in [4.78, 5) is 0.315. The van der Waals surface area contributed by atoms with Crippen LogP contribution in [0.5, 0.6) is 0 Å². The van der Waals surface area contributed by atoms with Gasteiger partial charge in [-0.25, -0.2) is 13.1 Å². The van der Waals surface area contributed by atoms with Crippen molar-refractivity contribution in [1.82, 2.24) is 14.5 Å². The molecule has 0 aromatic carbocycles. The van der Waals surface area contributed by atoms with Gasteiger partial charge in [0.2, 0.25) is 10.0 Å². The lowest BCUT2D eigenvalue weighted by Crippen LogP contribution is -2.33. The van der Waals surface area contributed by atoms with Crippen LogP contribution in [0.15, 0.2) is 4.90 Å². The molecule has 0 radical (unpaired) electrons. The van der Waals surface area contributed by atoms with Gasteiger partial charge >= 0.3 is 0 Å². The molecule has 0 aliphatic carbocycles. The van der Waals surface area contributed by atoms with Crippen LogP contribution < -0.4 is 4.72 Å². The number of hydrogen-bond acceptors (Lipinski definition) is 3. The summed E-state index contributed by atoms with van der Waals surface area (Å²) in [5.41, 5.74) is 1.22. The Morgan fingerprint density at radius 3 is 2.25 bits per heavy atom. The first-order chi connectivity index (χ1) is 9.15. The molecule has 1 N–H and O–H groups in total. The maximum absolute atomic E-state index is 12.4. The van der Waals surface area contributed by atoms with E-state index in [1.165, 1.54) is 0 Å². The highest BCUT2D eigenvalue weighted by Crippen LogP contribution is 2.19. The first-order valence-corrected chi connectivity index (χ1v) is 8.66. The highest BCUT2D eigenvalue weighted by molar-refractivity contribution is 7.89. The number of rotatable bonds is 7. The molecule has 20 heavy (non-hydrogen) atoms. The Balaban J connectivity index is 2.75. The fraction of sp³-hybridized carbons (Fsp3) is 0.786. The van der Waals surface area contributed by atoms with E-state index in [1.807, 2.05) is 6.92 Å². The molecule has 1 aromatic heterocycles. The first-order valence-electron chi connectivity index (χ1n) is 7.17. The molecule has 0 spiro atoms. The molecule has 116 valence electrons. The Morgan fingerprint density at radius 2 is 1.80 bits per heavy atom. The van der Waals surface area contributed by atoms with Gasteiger partial charge in [-0.15, -0.1) is 0 Å². The quantitative estimate of drug-likeness (QED) is 0.841. The van der Waals surface area contributed by atoms with Crippen LogP contribution in [0.25, 0.3) is 0 Å². The van der Waals surface area contributed by atoms with E-state index in [9.17, 15) is 8.42 Å². The zero-order chi connectivity index (χ0) is 15.5. The Morgan fingerprint density at radius 1 is 1.20 bits per heavy atom. The van der Waals surface area contributed by atoms with Crippen molar-refractivity contribution >= 4 is 10.0 Å². The minimum absolute atomic E-state index is 0.0576. The topological polar surface area (TPSA) is 64.0 Å². The van der Waals surface area contributed by atoms with E-state index in [4.69, 9.17) is 0 Å². The van der Waals surface area contributed by atoms with Crippen LogP contribution in [0, 0.1) is 19.8 Å². The number of nitrogens with zero attached hydrogens (tertiary/aromatic N) is 2. The molecule has 0 bridgehead atoms. The van der Waals surface area contributed by atoms with Gasteiger partial charge < -0.3 is 0 Å². The van der Waals surface area contributed by atoms with Crippen molar-refractivity contribution in [3.63, 3.8) is 0 Å². The van der Waals surface area contributed by atoms with Gasteiger partial charge in [0.1, 0.15) is 4.90 Å². The lowest BCUT2D eigenvalue weighted by atomic mass is 10.0. The number of hydrogen-bond donors (Lipinski definition) is 1. The molecule has 1 unspecified atom stereocenters. The Hall–Kier alpha value is -0.880. The molecule has 6 heteroatoms. The van der Waals surface area contributed by atoms with Crippen LogP contribution in [0.3, 0.4) is 0 Å². The average molecular weight is 301 g/mol. The van der Waals surface area contributed by atoms with Gasteiger partial charge in [0.25, 0.3) is 0 Å². The van der Waals surface area contributed by atoms with Crippen LogP contribution in [0.4, 0.5) is 0 Å². The van der Waals surface area contributed by atoms with E-state index < -0.39 is 10.0 Å². The molecule has 0 aliphatic heterocycles. The van der Waals surface area contributed by atoms with Gasteiger partial charge in [0.15, 0.2) is 0 Å². The van der Waals surface area contributed by atoms with Crippen molar-refractivity contribution in [3.8, 4) is 0 Å². The second-order valence-electron chi connectivity index (χ2n) is 5.97. The van der Waals surface area contributed by atoms with Crippen molar-refractivity contribution < 1.29 is 8.42 Å². The zero-order valence-corrected chi connectivity index (χ0v) is 14.2. The summed E-state index contributed by atoms with van der Waals surface area (Å²) in [5, 5.41) is 4.17. The normalized spacial score (nSPS) is 13.9. The molecule has 5 nitrogen and oxygen atoms in total. The largest absolute Gasteiger partial charge is 0.271 e. The predicted molar refractivity (Wildman–Crippen MR) is 81.2 cm³/mol. The molecule has 0 saturated heterocycles. The monoisotopic (exact) mass is 301 g/mol. The minimum Gasteiger partial charge on any atom is -0.271 e. The van der Waals surface area contributed by atoms with Crippen molar-refractivity contribution in [2.75, 3.05) is 0 Å². The summed E-state index contributed by atoms with van der Waals surface area (Å²) in [7, 11) is -1.73. The van der Waals surface area contributed by atoms with Crippen molar-refractivity contribution in [2.24, 2.45) is 13.0 Å². The lowest BCUT2D eigenvalue weighted by molar-refractivity contribution is 0.488. The molecule has 0 amide bonds. The molecule has 0 fully saturated rings. The van der Waals surface area contributed by atoms with Crippen LogP contribution in [0.1, 0.15) is 51.4 Å². The molecule has 1 atom stereocenters. The third-order valence-corrected chi connectivity index (χ3v) is 5.33. The first kappa shape index (κ1) is 17.2. The zero-order valence-electron chi connectivity index (χ0n) is 13.4. The lowest BCUT2D eigenvalue weighted by Gasteiger charge is -2.15. The molecule has 1 aromatic rings. The van der Waals surface area contributed by atoms with Crippen molar-refractivity contribution in [3.05, 3.63) is 11.4 Å². The van der Waals surface area contributed by atoms with Gasteiger partial charge in [0.05, 0.1) is 11.4 Å². The number of nitrogens with one attached hydrogen (secondary N) is 1. The van der Waals surface area contributed by atoms with E-state index in [2.05, 4.69) is 23.7 Å². The van der Waals surface area contributed by atoms with E-state index >= 15 is 0 Å². The standard InChI is InChI=1S/C14H27N3O2S/c1-10(2)8-7-9-11(3)16-20(18,19)14-12(4)15-17(6)13(14)5/h10-11,16H,7-9H2,1-6H3. The van der Waals surface area contributed by atoms with Crippen LogP contribution in [-0.2, 0) is 17.1 Å². The van der Waals surface area contributed by atoms with E-state index in [-0.39, 0.29) is 6.04 Å². The second-order valence-corrected chi connectivity index (χ2v) is 7.62. The highest BCUT2D eigenvalue weighted by atomic mass is 32.2.